The zero-order valence-corrected chi connectivity index (χ0v) is 16.1. The number of aliphatic hydroxyl groups is 1. The van der Waals surface area contributed by atoms with Gasteiger partial charge in [0.05, 0.1) is 13.7 Å². The van der Waals surface area contributed by atoms with E-state index < -0.39 is 18.0 Å². The van der Waals surface area contributed by atoms with Crippen LogP contribution in [0.15, 0.2) is 35.7 Å². The van der Waals surface area contributed by atoms with E-state index in [4.69, 9.17) is 9.47 Å². The molecule has 0 radical (unpaired) electrons. The molecule has 27 heavy (non-hydrogen) atoms. The van der Waals surface area contributed by atoms with Gasteiger partial charge in [0.15, 0.2) is 11.5 Å². The van der Waals surface area contributed by atoms with E-state index in [0.717, 1.165) is 12.8 Å². The average Bonchev–Trinajstić information content (AvgIpc) is 3.18. The van der Waals surface area contributed by atoms with Crippen LogP contribution in [0.4, 0.5) is 4.39 Å². The summed E-state index contributed by atoms with van der Waals surface area (Å²) in [4.78, 5) is 15.4. The van der Waals surface area contributed by atoms with Crippen LogP contribution in [0.25, 0.3) is 0 Å². The van der Waals surface area contributed by atoms with E-state index >= 15 is 0 Å². The molecule has 0 saturated carbocycles. The number of benzene rings is 1. The number of hydrogen-bond acceptors (Lipinski definition) is 5. The highest BCUT2D eigenvalue weighted by atomic mass is 32.1. The molecule has 2 aromatic rings. The van der Waals surface area contributed by atoms with Gasteiger partial charge in [-0.05, 0) is 36.4 Å². The topological polar surface area (TPSA) is 59.0 Å². The third-order valence-corrected chi connectivity index (χ3v) is 5.61. The predicted molar refractivity (Wildman–Crippen MR) is 102 cm³/mol. The van der Waals surface area contributed by atoms with E-state index in [1.165, 1.54) is 30.2 Å². The Bertz CT molecular complexity index is 752. The largest absolute Gasteiger partial charge is 0.493 e. The van der Waals surface area contributed by atoms with Gasteiger partial charge in [-0.15, -0.1) is 11.3 Å². The van der Waals surface area contributed by atoms with Crippen LogP contribution in [0.5, 0.6) is 11.5 Å². The summed E-state index contributed by atoms with van der Waals surface area (Å²) in [5.74, 6) is 0.319. The Morgan fingerprint density at radius 2 is 2.22 bits per heavy atom. The summed E-state index contributed by atoms with van der Waals surface area (Å²) < 4.78 is 24.2. The summed E-state index contributed by atoms with van der Waals surface area (Å²) in [5, 5.41) is 12.4. The lowest BCUT2D eigenvalue weighted by Crippen LogP contribution is -2.51. The van der Waals surface area contributed by atoms with Crippen molar-refractivity contribution in [2.75, 3.05) is 20.2 Å². The van der Waals surface area contributed by atoms with E-state index in [1.54, 1.807) is 16.2 Å². The van der Waals surface area contributed by atoms with Crippen molar-refractivity contribution in [1.29, 1.82) is 0 Å². The summed E-state index contributed by atoms with van der Waals surface area (Å²) in [6.45, 7) is 0.773. The van der Waals surface area contributed by atoms with Crippen molar-refractivity contribution in [3.63, 3.8) is 0 Å². The molecule has 1 fully saturated rings. The van der Waals surface area contributed by atoms with E-state index in [2.05, 4.69) is 6.07 Å². The second kappa shape index (κ2) is 9.19. The fraction of sp³-hybridized carbons (Fsp3) is 0.450. The molecule has 0 spiro atoms. The SMILES string of the molecule is COc1cc(F)ccc1O[C@@H]1CCN(C(=O)CCCc2cccs2)C[C@H]1O. The van der Waals surface area contributed by atoms with Crippen molar-refractivity contribution < 1.29 is 23.8 Å². The van der Waals surface area contributed by atoms with Crippen molar-refractivity contribution in [1.82, 2.24) is 4.90 Å². The van der Waals surface area contributed by atoms with Gasteiger partial charge in [0.1, 0.15) is 18.0 Å². The Balaban J connectivity index is 1.49. The lowest BCUT2D eigenvalue weighted by atomic mass is 10.0. The number of piperidine rings is 1. The second-order valence-electron chi connectivity index (χ2n) is 6.58. The lowest BCUT2D eigenvalue weighted by Gasteiger charge is -2.36. The number of halogens is 1. The van der Waals surface area contributed by atoms with Crippen molar-refractivity contribution in [2.24, 2.45) is 0 Å². The Hall–Kier alpha value is -2.12. The molecular formula is C20H24FNO4S. The zero-order valence-electron chi connectivity index (χ0n) is 15.3. The van der Waals surface area contributed by atoms with E-state index in [1.807, 2.05) is 11.4 Å². The quantitative estimate of drug-likeness (QED) is 0.785. The molecule has 0 aliphatic carbocycles. The van der Waals surface area contributed by atoms with Gasteiger partial charge in [0.2, 0.25) is 5.91 Å². The molecular weight excluding hydrogens is 369 g/mol. The number of likely N-dealkylation sites (tertiary alicyclic amines) is 1. The summed E-state index contributed by atoms with van der Waals surface area (Å²) in [7, 11) is 1.44. The Morgan fingerprint density at radius 1 is 1.37 bits per heavy atom. The smallest absolute Gasteiger partial charge is 0.222 e. The summed E-state index contributed by atoms with van der Waals surface area (Å²) >= 11 is 1.70. The minimum absolute atomic E-state index is 0.0587. The number of ether oxygens (including phenoxy) is 2. The molecule has 5 nitrogen and oxygen atoms in total. The number of aliphatic hydroxyl groups excluding tert-OH is 1. The number of hydrogen-bond donors (Lipinski definition) is 1. The molecule has 146 valence electrons. The fourth-order valence-electron chi connectivity index (χ4n) is 3.20. The minimum atomic E-state index is -0.797. The number of rotatable bonds is 7. The monoisotopic (exact) mass is 393 g/mol. The first-order valence-electron chi connectivity index (χ1n) is 9.05. The number of β-amino-alcohol motifs (C(OH)–C–C–N with tert-alkyl or cyclic N) is 1. The summed E-state index contributed by atoms with van der Waals surface area (Å²) in [6, 6.07) is 8.11. The predicted octanol–water partition coefficient (Wildman–Crippen LogP) is 3.26. The molecule has 7 heteroatoms. The van der Waals surface area contributed by atoms with Crippen LogP contribution in [-0.2, 0) is 11.2 Å². The maximum atomic E-state index is 13.3. The normalized spacial score (nSPS) is 19.7. The molecule has 2 atom stereocenters. The molecule has 3 rings (SSSR count). The molecule has 2 heterocycles. The highest BCUT2D eigenvalue weighted by Crippen LogP contribution is 2.30. The number of aryl methyl sites for hydroxylation is 1. The van der Waals surface area contributed by atoms with E-state index in [9.17, 15) is 14.3 Å². The third kappa shape index (κ3) is 5.20. The highest BCUT2D eigenvalue weighted by Gasteiger charge is 2.32. The Kier molecular flexibility index (Phi) is 6.68. The molecule has 1 aromatic carbocycles. The fourth-order valence-corrected chi connectivity index (χ4v) is 3.95. The van der Waals surface area contributed by atoms with Crippen molar-refractivity contribution in [2.45, 2.75) is 37.9 Å². The molecule has 0 unspecified atom stereocenters. The van der Waals surface area contributed by atoms with Crippen LogP contribution in [-0.4, -0.2) is 48.3 Å². The number of methoxy groups -OCH3 is 1. The number of carbonyl (C=O) groups is 1. The van der Waals surface area contributed by atoms with Gasteiger partial charge in [-0.3, -0.25) is 4.79 Å². The van der Waals surface area contributed by atoms with Crippen LogP contribution in [0.2, 0.25) is 0 Å². The molecule has 1 saturated heterocycles. The Labute approximate surface area is 162 Å². The van der Waals surface area contributed by atoms with Crippen molar-refractivity contribution in [3.05, 3.63) is 46.4 Å². The first-order chi connectivity index (χ1) is 13.1. The summed E-state index contributed by atoms with van der Waals surface area (Å²) in [6.07, 6.45) is 1.43. The first kappa shape index (κ1) is 19.6. The van der Waals surface area contributed by atoms with Gasteiger partial charge < -0.3 is 19.5 Å². The van der Waals surface area contributed by atoms with Crippen LogP contribution in [0.1, 0.15) is 24.1 Å². The molecule has 1 aliphatic heterocycles. The highest BCUT2D eigenvalue weighted by molar-refractivity contribution is 7.09. The minimum Gasteiger partial charge on any atom is -0.493 e. The molecule has 0 bridgehead atoms. The van der Waals surface area contributed by atoms with Crippen LogP contribution >= 0.6 is 11.3 Å². The maximum absolute atomic E-state index is 13.3. The Morgan fingerprint density at radius 3 is 2.93 bits per heavy atom. The van der Waals surface area contributed by atoms with Crippen LogP contribution in [0, 0.1) is 5.82 Å². The molecule has 1 aromatic heterocycles. The first-order valence-corrected chi connectivity index (χ1v) is 9.93. The van der Waals surface area contributed by atoms with Crippen molar-refractivity contribution in [3.8, 4) is 11.5 Å². The lowest BCUT2D eigenvalue weighted by molar-refractivity contribution is -0.137. The number of thiophene rings is 1. The van der Waals surface area contributed by atoms with Crippen LogP contribution in [0.3, 0.4) is 0 Å². The van der Waals surface area contributed by atoms with Gasteiger partial charge in [-0.2, -0.15) is 0 Å². The standard InChI is InChI=1S/C20H24FNO4S/c1-25-19-12-14(21)7-8-18(19)26-17-9-10-22(13-16(17)23)20(24)6-2-4-15-5-3-11-27-15/h3,5,7-8,11-12,16-17,23H,2,4,6,9-10,13H2,1H3/t16-,17-/m1/s1. The van der Waals surface area contributed by atoms with Gasteiger partial charge >= 0.3 is 0 Å². The van der Waals surface area contributed by atoms with Gasteiger partial charge in [0, 0.05) is 30.3 Å². The zero-order chi connectivity index (χ0) is 19.2. The number of amides is 1. The molecule has 1 N–H and O–H groups in total. The second-order valence-corrected chi connectivity index (χ2v) is 7.61. The summed E-state index contributed by atoms with van der Waals surface area (Å²) in [5.41, 5.74) is 0. The number of carbonyl (C=O) groups excluding carboxylic acids is 1. The van der Waals surface area contributed by atoms with Crippen molar-refractivity contribution >= 4 is 17.2 Å². The van der Waals surface area contributed by atoms with E-state index in [0.29, 0.717) is 25.1 Å². The van der Waals surface area contributed by atoms with E-state index in [-0.39, 0.29) is 18.2 Å². The van der Waals surface area contributed by atoms with Gasteiger partial charge in [-0.25, -0.2) is 4.39 Å². The molecule has 1 amide bonds. The molecule has 1 aliphatic rings. The van der Waals surface area contributed by atoms with Gasteiger partial charge in [0.25, 0.3) is 0 Å². The average molecular weight is 393 g/mol. The van der Waals surface area contributed by atoms with Crippen LogP contribution < -0.4 is 9.47 Å². The number of nitrogens with zero attached hydrogens (tertiary/aromatic N) is 1. The maximum Gasteiger partial charge on any atom is 0.222 e. The van der Waals surface area contributed by atoms with Gasteiger partial charge in [-0.1, -0.05) is 6.07 Å². The third-order valence-electron chi connectivity index (χ3n) is 4.67.